The molecule has 0 radical (unpaired) electrons. The van der Waals surface area contributed by atoms with Crippen molar-refractivity contribution in [3.8, 4) is 5.75 Å². The molecule has 1 atom stereocenters. The van der Waals surface area contributed by atoms with Gasteiger partial charge in [0.15, 0.2) is 0 Å². The Balaban J connectivity index is 2.32. The van der Waals surface area contributed by atoms with E-state index in [-0.39, 0.29) is 5.75 Å². The van der Waals surface area contributed by atoms with Crippen LogP contribution in [-0.4, -0.2) is 34.4 Å². The smallest absolute Gasteiger partial charge is 0.115 e. The fourth-order valence-electron chi connectivity index (χ4n) is 1.45. The van der Waals surface area contributed by atoms with Crippen LogP contribution >= 0.6 is 11.8 Å². The standard InChI is InChI=1S/C12H19NO2S/c1-12(15,9-16-2)8-13-7-10-3-5-11(14)6-4-10/h3-6,13-15H,7-9H2,1-2H3. The SMILES string of the molecule is CSCC(C)(O)CNCc1ccc(O)cc1. The first-order chi connectivity index (χ1) is 7.53. The number of thioether (sulfide) groups is 1. The first kappa shape index (κ1) is 13.4. The second-order valence-electron chi connectivity index (χ2n) is 4.20. The summed E-state index contributed by atoms with van der Waals surface area (Å²) >= 11 is 1.63. The number of hydrogen-bond acceptors (Lipinski definition) is 4. The molecule has 0 saturated heterocycles. The maximum atomic E-state index is 9.91. The van der Waals surface area contributed by atoms with E-state index in [9.17, 15) is 5.11 Å². The zero-order chi connectivity index (χ0) is 12.0. The van der Waals surface area contributed by atoms with Gasteiger partial charge in [-0.2, -0.15) is 11.8 Å². The number of nitrogens with one attached hydrogen (secondary N) is 1. The van der Waals surface area contributed by atoms with E-state index in [1.807, 2.05) is 25.3 Å². The second kappa shape index (κ2) is 6.13. The Morgan fingerprint density at radius 2 is 1.94 bits per heavy atom. The summed E-state index contributed by atoms with van der Waals surface area (Å²) in [5, 5.41) is 22.2. The molecule has 0 heterocycles. The molecule has 1 aromatic rings. The average molecular weight is 241 g/mol. The van der Waals surface area contributed by atoms with Crippen LogP contribution in [0.2, 0.25) is 0 Å². The number of benzene rings is 1. The Morgan fingerprint density at radius 3 is 2.50 bits per heavy atom. The van der Waals surface area contributed by atoms with Gasteiger partial charge in [-0.05, 0) is 30.9 Å². The van der Waals surface area contributed by atoms with Gasteiger partial charge in [0.2, 0.25) is 0 Å². The summed E-state index contributed by atoms with van der Waals surface area (Å²) in [6.45, 7) is 3.09. The van der Waals surface area contributed by atoms with Crippen molar-refractivity contribution >= 4 is 11.8 Å². The van der Waals surface area contributed by atoms with Crippen LogP contribution in [0.15, 0.2) is 24.3 Å². The van der Waals surface area contributed by atoms with E-state index >= 15 is 0 Å². The average Bonchev–Trinajstić information content (AvgIpc) is 2.20. The van der Waals surface area contributed by atoms with Gasteiger partial charge in [-0.3, -0.25) is 0 Å². The Hall–Kier alpha value is -0.710. The molecular formula is C12H19NO2S. The zero-order valence-corrected chi connectivity index (χ0v) is 10.5. The Bertz CT molecular complexity index is 311. The van der Waals surface area contributed by atoms with Crippen LogP contribution in [0.3, 0.4) is 0 Å². The van der Waals surface area contributed by atoms with Gasteiger partial charge in [0.25, 0.3) is 0 Å². The summed E-state index contributed by atoms with van der Waals surface area (Å²) in [4.78, 5) is 0. The summed E-state index contributed by atoms with van der Waals surface area (Å²) in [6, 6.07) is 7.06. The number of aromatic hydroxyl groups is 1. The third kappa shape index (κ3) is 4.88. The number of rotatable bonds is 6. The number of phenolic OH excluding ortho intramolecular Hbond substituents is 1. The van der Waals surface area contributed by atoms with E-state index in [1.54, 1.807) is 23.9 Å². The second-order valence-corrected chi connectivity index (χ2v) is 5.07. The number of aliphatic hydroxyl groups is 1. The van der Waals surface area contributed by atoms with Gasteiger partial charge in [0, 0.05) is 18.8 Å². The molecule has 0 aliphatic carbocycles. The maximum absolute atomic E-state index is 9.91. The predicted molar refractivity (Wildman–Crippen MR) is 68.8 cm³/mol. The quantitative estimate of drug-likeness (QED) is 0.708. The van der Waals surface area contributed by atoms with Crippen molar-refractivity contribution < 1.29 is 10.2 Å². The molecular weight excluding hydrogens is 222 g/mol. The van der Waals surface area contributed by atoms with Crippen LogP contribution in [-0.2, 0) is 6.54 Å². The molecule has 1 unspecified atom stereocenters. The van der Waals surface area contributed by atoms with Crippen molar-refractivity contribution in [2.75, 3.05) is 18.6 Å². The molecule has 3 N–H and O–H groups in total. The minimum atomic E-state index is -0.670. The molecule has 0 aromatic heterocycles. The number of hydrogen-bond donors (Lipinski definition) is 3. The molecule has 1 aromatic carbocycles. The third-order valence-corrected chi connectivity index (χ3v) is 3.14. The van der Waals surface area contributed by atoms with Gasteiger partial charge in [0.05, 0.1) is 5.60 Å². The van der Waals surface area contributed by atoms with E-state index < -0.39 is 5.60 Å². The van der Waals surface area contributed by atoms with E-state index in [0.29, 0.717) is 13.1 Å². The van der Waals surface area contributed by atoms with Crippen molar-refractivity contribution in [1.29, 1.82) is 0 Å². The molecule has 0 fully saturated rings. The lowest BCUT2D eigenvalue weighted by Gasteiger charge is -2.22. The normalized spacial score (nSPS) is 14.7. The van der Waals surface area contributed by atoms with Crippen LogP contribution in [0.5, 0.6) is 5.75 Å². The molecule has 0 aliphatic rings. The van der Waals surface area contributed by atoms with Gasteiger partial charge in [0.1, 0.15) is 5.75 Å². The van der Waals surface area contributed by atoms with Gasteiger partial charge in [-0.25, -0.2) is 0 Å². The zero-order valence-electron chi connectivity index (χ0n) is 9.73. The molecule has 90 valence electrons. The van der Waals surface area contributed by atoms with Crippen molar-refractivity contribution in [3.05, 3.63) is 29.8 Å². The van der Waals surface area contributed by atoms with Crippen LogP contribution in [0.25, 0.3) is 0 Å². The lowest BCUT2D eigenvalue weighted by molar-refractivity contribution is 0.0846. The minimum absolute atomic E-state index is 0.276. The lowest BCUT2D eigenvalue weighted by Crippen LogP contribution is -2.39. The molecule has 1 rings (SSSR count). The van der Waals surface area contributed by atoms with Crippen molar-refractivity contribution in [2.24, 2.45) is 0 Å². The lowest BCUT2D eigenvalue weighted by atomic mass is 10.1. The van der Waals surface area contributed by atoms with E-state index in [0.717, 1.165) is 11.3 Å². The molecule has 0 bridgehead atoms. The van der Waals surface area contributed by atoms with Crippen molar-refractivity contribution in [2.45, 2.75) is 19.1 Å². The Morgan fingerprint density at radius 1 is 1.31 bits per heavy atom. The molecule has 3 nitrogen and oxygen atoms in total. The van der Waals surface area contributed by atoms with Gasteiger partial charge >= 0.3 is 0 Å². The highest BCUT2D eigenvalue weighted by molar-refractivity contribution is 7.98. The van der Waals surface area contributed by atoms with Crippen molar-refractivity contribution in [3.63, 3.8) is 0 Å². The fourth-order valence-corrected chi connectivity index (χ4v) is 2.18. The molecule has 0 saturated carbocycles. The third-order valence-electron chi connectivity index (χ3n) is 2.23. The summed E-state index contributed by atoms with van der Waals surface area (Å²) in [7, 11) is 0. The molecule has 0 aliphatic heterocycles. The first-order valence-corrected chi connectivity index (χ1v) is 6.63. The topological polar surface area (TPSA) is 52.5 Å². The van der Waals surface area contributed by atoms with Crippen LogP contribution in [0.4, 0.5) is 0 Å². The van der Waals surface area contributed by atoms with E-state index in [2.05, 4.69) is 5.32 Å². The molecule has 0 spiro atoms. The van der Waals surface area contributed by atoms with Crippen LogP contribution in [0.1, 0.15) is 12.5 Å². The van der Waals surface area contributed by atoms with Gasteiger partial charge in [-0.15, -0.1) is 0 Å². The van der Waals surface area contributed by atoms with Crippen LogP contribution in [0, 0.1) is 0 Å². The Labute approximate surface area is 101 Å². The molecule has 0 amide bonds. The predicted octanol–water partition coefficient (Wildman–Crippen LogP) is 1.60. The fraction of sp³-hybridized carbons (Fsp3) is 0.500. The van der Waals surface area contributed by atoms with Crippen molar-refractivity contribution in [1.82, 2.24) is 5.32 Å². The van der Waals surface area contributed by atoms with Gasteiger partial charge < -0.3 is 15.5 Å². The Kier molecular flexibility index (Phi) is 5.12. The molecule has 16 heavy (non-hydrogen) atoms. The van der Waals surface area contributed by atoms with E-state index in [4.69, 9.17) is 5.11 Å². The summed E-state index contributed by atoms with van der Waals surface area (Å²) in [6.07, 6.45) is 1.98. The highest BCUT2D eigenvalue weighted by Gasteiger charge is 2.18. The largest absolute Gasteiger partial charge is 0.508 e. The highest BCUT2D eigenvalue weighted by Crippen LogP contribution is 2.11. The highest BCUT2D eigenvalue weighted by atomic mass is 32.2. The summed E-state index contributed by atoms with van der Waals surface area (Å²) in [5.74, 6) is 0.994. The number of phenols is 1. The van der Waals surface area contributed by atoms with Gasteiger partial charge in [-0.1, -0.05) is 12.1 Å². The molecule has 4 heteroatoms. The first-order valence-electron chi connectivity index (χ1n) is 5.23. The minimum Gasteiger partial charge on any atom is -0.508 e. The van der Waals surface area contributed by atoms with E-state index in [1.165, 1.54) is 0 Å². The monoisotopic (exact) mass is 241 g/mol. The summed E-state index contributed by atoms with van der Waals surface area (Å²) in [5.41, 5.74) is 0.425. The summed E-state index contributed by atoms with van der Waals surface area (Å²) < 4.78 is 0. The van der Waals surface area contributed by atoms with Crippen LogP contribution < -0.4 is 5.32 Å². The maximum Gasteiger partial charge on any atom is 0.115 e.